The van der Waals surface area contributed by atoms with Gasteiger partial charge in [0.25, 0.3) is 11.8 Å². The second-order valence-electron chi connectivity index (χ2n) is 7.57. The first-order valence-electron chi connectivity index (χ1n) is 9.68. The lowest BCUT2D eigenvalue weighted by Gasteiger charge is -2.34. The summed E-state index contributed by atoms with van der Waals surface area (Å²) in [5.74, 6) is -3.30. The van der Waals surface area contributed by atoms with Gasteiger partial charge in [-0.1, -0.05) is 5.16 Å². The number of alkyl halides is 5. The fourth-order valence-corrected chi connectivity index (χ4v) is 3.15. The standard InChI is InChI=1S/C19H17F5N6O3/c1-9(26-16(31)12-6-13(19(22,23)24)28-30(12)2)17-27-15(29-33-17)10-3-4-25-14(5-10)32-11-7-18(20,21)8-11/h3-6,9,11H,7-8H2,1-2H3,(H,26,31). The Kier molecular flexibility index (Phi) is 5.54. The molecule has 3 aromatic rings. The topological polar surface area (TPSA) is 108 Å². The minimum Gasteiger partial charge on any atom is -0.474 e. The fraction of sp³-hybridized carbons (Fsp3) is 0.421. The second kappa shape index (κ2) is 8.08. The molecule has 0 bridgehead atoms. The molecular formula is C19H17F5N6O3. The minimum absolute atomic E-state index is 0.00511. The number of carbonyl (C=O) groups excluding carboxylic acids is 1. The molecule has 0 radical (unpaired) electrons. The third-order valence-electron chi connectivity index (χ3n) is 4.90. The fourth-order valence-electron chi connectivity index (χ4n) is 3.15. The van der Waals surface area contributed by atoms with Crippen LogP contribution in [0.5, 0.6) is 5.88 Å². The van der Waals surface area contributed by atoms with Gasteiger partial charge in [-0.3, -0.25) is 9.48 Å². The number of hydrogen-bond donors (Lipinski definition) is 1. The molecule has 1 aliphatic carbocycles. The zero-order chi connectivity index (χ0) is 24.0. The van der Waals surface area contributed by atoms with Crippen molar-refractivity contribution in [3.63, 3.8) is 0 Å². The maximum atomic E-state index is 13.0. The van der Waals surface area contributed by atoms with E-state index in [0.717, 1.165) is 4.68 Å². The van der Waals surface area contributed by atoms with E-state index in [0.29, 0.717) is 11.6 Å². The predicted molar refractivity (Wildman–Crippen MR) is 100 cm³/mol. The van der Waals surface area contributed by atoms with Gasteiger partial charge >= 0.3 is 6.18 Å². The number of aryl methyl sites for hydroxylation is 1. The first-order chi connectivity index (χ1) is 15.4. The van der Waals surface area contributed by atoms with Crippen LogP contribution in [0.25, 0.3) is 11.4 Å². The van der Waals surface area contributed by atoms with Crippen molar-refractivity contribution < 1.29 is 36.0 Å². The molecule has 1 N–H and O–H groups in total. The molecule has 14 heteroatoms. The van der Waals surface area contributed by atoms with E-state index in [2.05, 4.69) is 25.5 Å². The van der Waals surface area contributed by atoms with E-state index < -0.39 is 35.8 Å². The van der Waals surface area contributed by atoms with Crippen molar-refractivity contribution in [1.29, 1.82) is 0 Å². The molecule has 1 amide bonds. The highest BCUT2D eigenvalue weighted by Gasteiger charge is 2.47. The highest BCUT2D eigenvalue weighted by atomic mass is 19.4. The van der Waals surface area contributed by atoms with E-state index in [-0.39, 0.29) is 36.1 Å². The summed E-state index contributed by atoms with van der Waals surface area (Å²) in [5, 5.41) is 9.58. The summed E-state index contributed by atoms with van der Waals surface area (Å²) in [7, 11) is 1.22. The average molecular weight is 472 g/mol. The Bertz CT molecular complexity index is 1170. The summed E-state index contributed by atoms with van der Waals surface area (Å²) >= 11 is 0. The quantitative estimate of drug-likeness (QED) is 0.547. The third kappa shape index (κ3) is 4.93. The first kappa shape index (κ1) is 22.6. The summed E-state index contributed by atoms with van der Waals surface area (Å²) < 4.78 is 75.7. The van der Waals surface area contributed by atoms with Gasteiger partial charge in [0.2, 0.25) is 17.6 Å². The van der Waals surface area contributed by atoms with E-state index in [9.17, 15) is 26.7 Å². The molecule has 1 unspecified atom stereocenters. The summed E-state index contributed by atoms with van der Waals surface area (Å²) in [5.41, 5.74) is -1.06. The van der Waals surface area contributed by atoms with Gasteiger partial charge in [-0.2, -0.15) is 23.3 Å². The highest BCUT2D eigenvalue weighted by Crippen LogP contribution is 2.39. The SMILES string of the molecule is CC(NC(=O)c1cc(C(F)(F)F)nn1C)c1nc(-c2ccnc(OC3CC(F)(F)C3)c2)no1. The van der Waals surface area contributed by atoms with Gasteiger partial charge in [0.1, 0.15) is 17.8 Å². The number of nitrogens with one attached hydrogen (secondary N) is 1. The number of carbonyl (C=O) groups is 1. The van der Waals surface area contributed by atoms with E-state index >= 15 is 0 Å². The first-order valence-corrected chi connectivity index (χ1v) is 9.68. The van der Waals surface area contributed by atoms with Crippen LogP contribution >= 0.6 is 0 Å². The molecule has 3 aromatic heterocycles. The van der Waals surface area contributed by atoms with Crippen molar-refractivity contribution in [3.8, 4) is 17.3 Å². The number of nitrogens with zero attached hydrogens (tertiary/aromatic N) is 5. The molecular weight excluding hydrogens is 455 g/mol. The van der Waals surface area contributed by atoms with Crippen LogP contribution in [0.2, 0.25) is 0 Å². The predicted octanol–water partition coefficient (Wildman–Crippen LogP) is 3.55. The minimum atomic E-state index is -4.68. The van der Waals surface area contributed by atoms with E-state index in [4.69, 9.17) is 9.26 Å². The molecule has 1 aliphatic rings. The van der Waals surface area contributed by atoms with Crippen molar-refractivity contribution >= 4 is 5.91 Å². The zero-order valence-corrected chi connectivity index (χ0v) is 17.2. The van der Waals surface area contributed by atoms with Crippen molar-refractivity contribution in [2.45, 2.75) is 44.0 Å². The van der Waals surface area contributed by atoms with Gasteiger partial charge < -0.3 is 14.6 Å². The number of halogens is 5. The third-order valence-corrected chi connectivity index (χ3v) is 4.90. The Morgan fingerprint density at radius 1 is 1.33 bits per heavy atom. The Hall–Kier alpha value is -3.58. The molecule has 0 saturated heterocycles. The van der Waals surface area contributed by atoms with Crippen LogP contribution in [0, 0.1) is 0 Å². The molecule has 1 fully saturated rings. The molecule has 1 atom stereocenters. The van der Waals surface area contributed by atoms with Crippen molar-refractivity contribution in [1.82, 2.24) is 30.2 Å². The smallest absolute Gasteiger partial charge is 0.435 e. The molecule has 0 aromatic carbocycles. The normalized spacial score (nSPS) is 16.8. The molecule has 3 heterocycles. The number of rotatable bonds is 6. The molecule has 0 aliphatic heterocycles. The van der Waals surface area contributed by atoms with Crippen LogP contribution in [0.1, 0.15) is 47.9 Å². The second-order valence-corrected chi connectivity index (χ2v) is 7.57. The van der Waals surface area contributed by atoms with Crippen molar-refractivity contribution in [2.75, 3.05) is 0 Å². The van der Waals surface area contributed by atoms with Crippen molar-refractivity contribution in [3.05, 3.63) is 41.7 Å². The van der Waals surface area contributed by atoms with Crippen LogP contribution in [-0.4, -0.2) is 42.8 Å². The van der Waals surface area contributed by atoms with E-state index in [1.54, 1.807) is 6.07 Å². The molecule has 4 rings (SSSR count). The van der Waals surface area contributed by atoms with Gasteiger partial charge in [-0.05, 0) is 13.0 Å². The Balaban J connectivity index is 1.43. The number of hydrogen-bond acceptors (Lipinski definition) is 7. The lowest BCUT2D eigenvalue weighted by Crippen LogP contribution is -2.43. The van der Waals surface area contributed by atoms with E-state index in [1.807, 2.05) is 0 Å². The number of ether oxygens (including phenoxy) is 1. The maximum Gasteiger partial charge on any atom is 0.435 e. The van der Waals surface area contributed by atoms with Crippen LogP contribution in [0.3, 0.4) is 0 Å². The monoisotopic (exact) mass is 472 g/mol. The summed E-state index contributed by atoms with van der Waals surface area (Å²) in [6.07, 6.45) is -4.70. The number of aromatic nitrogens is 5. The lowest BCUT2D eigenvalue weighted by molar-refractivity contribution is -0.141. The number of amides is 1. The molecule has 33 heavy (non-hydrogen) atoms. The molecule has 176 valence electrons. The largest absolute Gasteiger partial charge is 0.474 e. The molecule has 0 spiro atoms. The summed E-state index contributed by atoms with van der Waals surface area (Å²) in [6.45, 7) is 1.51. The number of pyridine rings is 1. The van der Waals surface area contributed by atoms with Crippen LogP contribution in [0.4, 0.5) is 22.0 Å². The maximum absolute atomic E-state index is 13.0. The van der Waals surface area contributed by atoms with E-state index in [1.165, 1.54) is 26.2 Å². The van der Waals surface area contributed by atoms with Crippen LogP contribution in [-0.2, 0) is 13.2 Å². The van der Waals surface area contributed by atoms with Gasteiger partial charge in [-0.15, -0.1) is 0 Å². The van der Waals surface area contributed by atoms with Crippen LogP contribution < -0.4 is 10.1 Å². The van der Waals surface area contributed by atoms with Gasteiger partial charge in [-0.25, -0.2) is 13.8 Å². The van der Waals surface area contributed by atoms with Crippen molar-refractivity contribution in [2.24, 2.45) is 7.05 Å². The van der Waals surface area contributed by atoms with Gasteiger partial charge in [0.05, 0.1) is 0 Å². The highest BCUT2D eigenvalue weighted by molar-refractivity contribution is 5.92. The van der Waals surface area contributed by atoms with Gasteiger partial charge in [0.15, 0.2) is 5.69 Å². The Morgan fingerprint density at radius 2 is 2.06 bits per heavy atom. The van der Waals surface area contributed by atoms with Gasteiger partial charge in [0, 0.05) is 43.8 Å². The molecule has 1 saturated carbocycles. The summed E-state index contributed by atoms with van der Waals surface area (Å²) in [4.78, 5) is 20.5. The molecule has 9 nitrogen and oxygen atoms in total. The average Bonchev–Trinajstić information content (AvgIpc) is 3.33. The Labute approximate surface area is 182 Å². The van der Waals surface area contributed by atoms with Crippen LogP contribution in [0.15, 0.2) is 28.9 Å². The zero-order valence-electron chi connectivity index (χ0n) is 17.2. The Morgan fingerprint density at radius 3 is 2.70 bits per heavy atom. The summed E-state index contributed by atoms with van der Waals surface area (Å²) in [6, 6.07) is 2.81. The lowest BCUT2D eigenvalue weighted by atomic mass is 9.91.